The van der Waals surface area contributed by atoms with Crippen LogP contribution in [0.2, 0.25) is 0 Å². The molecule has 0 unspecified atom stereocenters. The second kappa shape index (κ2) is 11.2. The van der Waals surface area contributed by atoms with Crippen molar-refractivity contribution in [3.05, 3.63) is 65.4 Å². The van der Waals surface area contributed by atoms with Crippen molar-refractivity contribution in [3.8, 4) is 5.75 Å². The number of fused-ring (bicyclic) bond motifs is 1. The summed E-state index contributed by atoms with van der Waals surface area (Å²) in [6, 6.07) is 13.7. The average molecular weight is 504 g/mol. The molecule has 0 radical (unpaired) electrons. The summed E-state index contributed by atoms with van der Waals surface area (Å²) >= 11 is 0. The molecule has 1 saturated carbocycles. The van der Waals surface area contributed by atoms with Crippen molar-refractivity contribution < 1.29 is 19.4 Å². The Labute approximate surface area is 218 Å². The van der Waals surface area contributed by atoms with Crippen molar-refractivity contribution in [3.63, 3.8) is 0 Å². The Morgan fingerprint density at radius 1 is 1.16 bits per heavy atom. The molecular weight excluding hydrogens is 466 g/mol. The highest BCUT2D eigenvalue weighted by Crippen LogP contribution is 2.28. The van der Waals surface area contributed by atoms with E-state index in [4.69, 9.17) is 14.5 Å². The van der Waals surface area contributed by atoms with Gasteiger partial charge in [-0.15, -0.1) is 0 Å². The number of carbonyl (C=O) groups excluding carboxylic acids is 1. The maximum absolute atomic E-state index is 12.9. The average Bonchev–Trinajstić information content (AvgIpc) is 3.42. The Bertz CT molecular complexity index is 1230. The predicted molar refractivity (Wildman–Crippen MR) is 145 cm³/mol. The first kappa shape index (κ1) is 25.6. The lowest BCUT2D eigenvalue weighted by Crippen LogP contribution is -2.39. The van der Waals surface area contributed by atoms with Gasteiger partial charge in [0.1, 0.15) is 12.4 Å². The van der Waals surface area contributed by atoms with Gasteiger partial charge in [0.15, 0.2) is 0 Å². The summed E-state index contributed by atoms with van der Waals surface area (Å²) in [6.45, 7) is 6.01. The second-order valence-electron chi connectivity index (χ2n) is 10.7. The first-order chi connectivity index (χ1) is 17.9. The SMILES string of the molecule is Cc1c(NC(=O)c2ccc(OC[C@@H]3CCCO3)cc2)ccc2cc(CN[C@H]3CC[C@@](C)(O)CC3)cnc12. The van der Waals surface area contributed by atoms with Gasteiger partial charge in [-0.05, 0) is 99.9 Å². The first-order valence-electron chi connectivity index (χ1n) is 13.4. The fourth-order valence-corrected chi connectivity index (χ4v) is 5.19. The topological polar surface area (TPSA) is 92.7 Å². The minimum absolute atomic E-state index is 0.162. The Hall–Kier alpha value is -3.00. The molecule has 1 aliphatic carbocycles. The number of anilines is 1. The zero-order valence-electron chi connectivity index (χ0n) is 21.8. The van der Waals surface area contributed by atoms with Gasteiger partial charge in [-0.1, -0.05) is 6.07 Å². The van der Waals surface area contributed by atoms with E-state index in [9.17, 15) is 9.90 Å². The summed E-state index contributed by atoms with van der Waals surface area (Å²) < 4.78 is 11.4. The fraction of sp³-hybridized carbons (Fsp3) is 0.467. The number of rotatable bonds is 8. The fourth-order valence-electron chi connectivity index (χ4n) is 5.19. The number of benzene rings is 2. The molecule has 2 aromatic carbocycles. The van der Waals surface area contributed by atoms with Crippen LogP contribution in [0.4, 0.5) is 5.69 Å². The van der Waals surface area contributed by atoms with Crippen LogP contribution in [-0.4, -0.2) is 47.0 Å². The number of hydrogen-bond donors (Lipinski definition) is 3. The Kier molecular flexibility index (Phi) is 7.74. The molecule has 1 amide bonds. The summed E-state index contributed by atoms with van der Waals surface area (Å²) in [5, 5.41) is 17.9. The zero-order valence-corrected chi connectivity index (χ0v) is 21.8. The molecule has 1 aromatic heterocycles. The van der Waals surface area contributed by atoms with Crippen molar-refractivity contribution in [2.75, 3.05) is 18.5 Å². The number of ether oxygens (including phenoxy) is 2. The second-order valence-corrected chi connectivity index (χ2v) is 10.7. The number of aliphatic hydroxyl groups is 1. The van der Waals surface area contributed by atoms with Gasteiger partial charge in [-0.3, -0.25) is 9.78 Å². The predicted octanol–water partition coefficient (Wildman–Crippen LogP) is 5.14. The van der Waals surface area contributed by atoms with E-state index in [1.807, 2.05) is 44.3 Å². The van der Waals surface area contributed by atoms with Crippen LogP contribution in [0.15, 0.2) is 48.7 Å². The molecule has 5 rings (SSSR count). The molecular formula is C30H37N3O4. The van der Waals surface area contributed by atoms with Crippen molar-refractivity contribution in [2.45, 2.75) is 76.7 Å². The van der Waals surface area contributed by atoms with Crippen LogP contribution in [0.1, 0.15) is 66.9 Å². The number of aromatic nitrogens is 1. The summed E-state index contributed by atoms with van der Waals surface area (Å²) in [5.41, 5.74) is 3.76. The monoisotopic (exact) mass is 503 g/mol. The lowest BCUT2D eigenvalue weighted by atomic mass is 9.83. The number of aryl methyl sites for hydroxylation is 1. The zero-order chi connectivity index (χ0) is 25.8. The largest absolute Gasteiger partial charge is 0.491 e. The molecule has 2 fully saturated rings. The standard InChI is InChI=1S/C30H37N3O4/c1-20-27(33-29(34)22-5-8-25(9-6-22)37-19-26-4-3-15-36-26)10-7-23-16-21(18-32-28(20)23)17-31-24-11-13-30(2,35)14-12-24/h5-10,16,18,24,26,31,35H,3-4,11-15,17,19H2,1-2H3,(H,33,34)/t24-,26-,30+/m0/s1. The van der Waals surface area contributed by atoms with Crippen LogP contribution in [0.5, 0.6) is 5.75 Å². The molecule has 3 N–H and O–H groups in total. The number of nitrogens with zero attached hydrogens (tertiary/aromatic N) is 1. The molecule has 0 bridgehead atoms. The van der Waals surface area contributed by atoms with Gasteiger partial charge >= 0.3 is 0 Å². The number of amides is 1. The molecule has 2 aliphatic rings. The van der Waals surface area contributed by atoms with Crippen LogP contribution in [0, 0.1) is 6.92 Å². The quantitative estimate of drug-likeness (QED) is 0.394. The molecule has 0 spiro atoms. The molecule has 2 heterocycles. The lowest BCUT2D eigenvalue weighted by Gasteiger charge is -2.33. The summed E-state index contributed by atoms with van der Waals surface area (Å²) in [4.78, 5) is 17.6. The van der Waals surface area contributed by atoms with Crippen molar-refractivity contribution in [1.29, 1.82) is 0 Å². The van der Waals surface area contributed by atoms with Gasteiger partial charge in [-0.25, -0.2) is 0 Å². The highest BCUT2D eigenvalue weighted by Gasteiger charge is 2.28. The summed E-state index contributed by atoms with van der Waals surface area (Å²) in [7, 11) is 0. The molecule has 3 aromatic rings. The van der Waals surface area contributed by atoms with Gasteiger partial charge in [0.2, 0.25) is 0 Å². The van der Waals surface area contributed by atoms with Crippen LogP contribution in [0.3, 0.4) is 0 Å². The van der Waals surface area contributed by atoms with Gasteiger partial charge < -0.3 is 25.2 Å². The molecule has 37 heavy (non-hydrogen) atoms. The van der Waals surface area contributed by atoms with E-state index in [2.05, 4.69) is 16.7 Å². The summed E-state index contributed by atoms with van der Waals surface area (Å²) in [5.74, 6) is 0.569. The smallest absolute Gasteiger partial charge is 0.255 e. The van der Waals surface area contributed by atoms with E-state index in [0.717, 1.165) is 85.1 Å². The molecule has 7 heteroatoms. The maximum Gasteiger partial charge on any atom is 0.255 e. The normalized spacial score (nSPS) is 23.8. The highest BCUT2D eigenvalue weighted by molar-refractivity contribution is 6.06. The molecule has 1 aliphatic heterocycles. The van der Waals surface area contributed by atoms with E-state index < -0.39 is 5.60 Å². The van der Waals surface area contributed by atoms with Crippen LogP contribution >= 0.6 is 0 Å². The van der Waals surface area contributed by atoms with Gasteiger partial charge in [0.05, 0.1) is 17.2 Å². The molecule has 1 atom stereocenters. The number of hydrogen-bond acceptors (Lipinski definition) is 6. The number of nitrogens with one attached hydrogen (secondary N) is 2. The van der Waals surface area contributed by atoms with Crippen molar-refractivity contribution >= 4 is 22.5 Å². The third-order valence-corrected chi connectivity index (χ3v) is 7.64. The Morgan fingerprint density at radius 3 is 2.68 bits per heavy atom. The van der Waals surface area contributed by atoms with E-state index in [1.54, 1.807) is 12.1 Å². The number of carbonyl (C=O) groups is 1. The van der Waals surface area contributed by atoms with E-state index in [0.29, 0.717) is 18.2 Å². The van der Waals surface area contributed by atoms with Crippen molar-refractivity contribution in [2.24, 2.45) is 0 Å². The third kappa shape index (κ3) is 6.47. The Morgan fingerprint density at radius 2 is 1.95 bits per heavy atom. The molecule has 7 nitrogen and oxygen atoms in total. The van der Waals surface area contributed by atoms with Crippen LogP contribution < -0.4 is 15.4 Å². The highest BCUT2D eigenvalue weighted by atomic mass is 16.5. The molecule has 1 saturated heterocycles. The van der Waals surface area contributed by atoms with Gasteiger partial charge in [-0.2, -0.15) is 0 Å². The van der Waals surface area contributed by atoms with E-state index in [1.165, 1.54) is 0 Å². The van der Waals surface area contributed by atoms with Gasteiger partial charge in [0.25, 0.3) is 5.91 Å². The van der Waals surface area contributed by atoms with Gasteiger partial charge in [0, 0.05) is 42.0 Å². The van der Waals surface area contributed by atoms with Crippen LogP contribution in [-0.2, 0) is 11.3 Å². The van der Waals surface area contributed by atoms with Crippen LogP contribution in [0.25, 0.3) is 10.9 Å². The summed E-state index contributed by atoms with van der Waals surface area (Å²) in [6.07, 6.45) is 7.83. The minimum atomic E-state index is -0.518. The Balaban J connectivity index is 1.18. The maximum atomic E-state index is 12.9. The number of pyridine rings is 1. The lowest BCUT2D eigenvalue weighted by molar-refractivity contribution is 0.0140. The third-order valence-electron chi connectivity index (χ3n) is 7.64. The first-order valence-corrected chi connectivity index (χ1v) is 13.4. The van der Waals surface area contributed by atoms with Crippen molar-refractivity contribution in [1.82, 2.24) is 10.3 Å². The molecule has 196 valence electrons. The van der Waals surface area contributed by atoms with E-state index in [-0.39, 0.29) is 12.0 Å². The minimum Gasteiger partial charge on any atom is -0.491 e. The van der Waals surface area contributed by atoms with E-state index >= 15 is 0 Å².